The van der Waals surface area contributed by atoms with Crippen molar-refractivity contribution in [1.82, 2.24) is 14.8 Å². The Morgan fingerprint density at radius 2 is 1.63 bits per heavy atom. The highest BCUT2D eigenvalue weighted by molar-refractivity contribution is 5.71. The van der Waals surface area contributed by atoms with Crippen LogP contribution in [-0.2, 0) is 0 Å². The van der Waals surface area contributed by atoms with E-state index < -0.39 is 5.92 Å². The lowest BCUT2D eigenvalue weighted by Crippen LogP contribution is -2.22. The number of rotatable bonds is 3. The second-order valence-corrected chi connectivity index (χ2v) is 6.86. The first-order valence-corrected chi connectivity index (χ1v) is 9.50. The van der Waals surface area contributed by atoms with Gasteiger partial charge in [-0.25, -0.2) is 0 Å². The van der Waals surface area contributed by atoms with Crippen LogP contribution < -0.4 is 10.5 Å². The minimum atomic E-state index is -0.479. The molecule has 2 N–H and O–H groups in total. The third kappa shape index (κ3) is 2.81. The van der Waals surface area contributed by atoms with E-state index >= 15 is 0 Å². The van der Waals surface area contributed by atoms with Gasteiger partial charge in [-0.05, 0) is 24.3 Å². The fraction of sp³-hybridized carbons (Fsp3) is 0.0417. The normalized spacial score (nSPS) is 15.2. The van der Waals surface area contributed by atoms with Crippen LogP contribution in [0.3, 0.4) is 0 Å². The Morgan fingerprint density at radius 3 is 2.30 bits per heavy atom. The number of allylic oxidation sites excluding steroid dienone is 1. The summed E-state index contributed by atoms with van der Waals surface area (Å²) < 4.78 is 7.71. The summed E-state index contributed by atoms with van der Waals surface area (Å²) >= 11 is 0. The SMILES string of the molecule is N#CC1=C(N)Oc2c(c(-c3ccccc3)nn2-c2ccccc2)C1c1ccccn1. The number of aromatic nitrogens is 3. The van der Waals surface area contributed by atoms with E-state index in [1.54, 1.807) is 10.9 Å². The molecular formula is C24H17N5O. The van der Waals surface area contributed by atoms with Gasteiger partial charge in [-0.3, -0.25) is 4.98 Å². The molecule has 0 spiro atoms. The summed E-state index contributed by atoms with van der Waals surface area (Å²) in [6.45, 7) is 0. The lowest BCUT2D eigenvalue weighted by atomic mass is 9.85. The van der Waals surface area contributed by atoms with E-state index in [9.17, 15) is 5.26 Å². The molecule has 0 saturated carbocycles. The number of nitrogens with two attached hydrogens (primary N) is 1. The molecule has 1 atom stereocenters. The number of para-hydroxylation sites is 1. The van der Waals surface area contributed by atoms with Crippen molar-refractivity contribution in [3.63, 3.8) is 0 Å². The van der Waals surface area contributed by atoms with Gasteiger partial charge in [-0.2, -0.15) is 15.0 Å². The van der Waals surface area contributed by atoms with E-state index in [1.165, 1.54) is 0 Å². The first-order valence-electron chi connectivity index (χ1n) is 9.50. The average Bonchev–Trinajstić information content (AvgIpc) is 3.19. The molecule has 0 saturated heterocycles. The quantitative estimate of drug-likeness (QED) is 0.567. The molecule has 3 heterocycles. The van der Waals surface area contributed by atoms with E-state index in [-0.39, 0.29) is 5.88 Å². The Balaban J connectivity index is 1.84. The largest absolute Gasteiger partial charge is 0.422 e. The first-order chi connectivity index (χ1) is 14.8. The van der Waals surface area contributed by atoms with Gasteiger partial charge in [0.25, 0.3) is 0 Å². The molecule has 0 bridgehead atoms. The zero-order chi connectivity index (χ0) is 20.5. The van der Waals surface area contributed by atoms with Gasteiger partial charge < -0.3 is 10.5 Å². The number of nitriles is 1. The maximum Gasteiger partial charge on any atom is 0.229 e. The van der Waals surface area contributed by atoms with Crippen molar-refractivity contribution in [2.45, 2.75) is 5.92 Å². The third-order valence-electron chi connectivity index (χ3n) is 5.08. The number of ether oxygens (including phenoxy) is 1. The predicted octanol–water partition coefficient (Wildman–Crippen LogP) is 4.15. The Bertz CT molecular complexity index is 1270. The minimum absolute atomic E-state index is 0.0670. The fourth-order valence-corrected chi connectivity index (χ4v) is 3.73. The van der Waals surface area contributed by atoms with E-state index in [4.69, 9.17) is 15.6 Å². The number of hydrogen-bond acceptors (Lipinski definition) is 5. The van der Waals surface area contributed by atoms with Crippen molar-refractivity contribution < 1.29 is 4.74 Å². The topological polar surface area (TPSA) is 89.8 Å². The summed E-state index contributed by atoms with van der Waals surface area (Å²) in [6, 6.07) is 27.4. The van der Waals surface area contributed by atoms with Crippen LogP contribution in [0.25, 0.3) is 16.9 Å². The molecule has 4 aromatic rings. The summed E-state index contributed by atoms with van der Waals surface area (Å²) in [4.78, 5) is 4.52. The molecule has 144 valence electrons. The summed E-state index contributed by atoms with van der Waals surface area (Å²) in [7, 11) is 0. The molecule has 6 heteroatoms. The Kier molecular flexibility index (Phi) is 4.26. The van der Waals surface area contributed by atoms with Crippen molar-refractivity contribution in [2.75, 3.05) is 0 Å². The lowest BCUT2D eigenvalue weighted by molar-refractivity contribution is 0.366. The van der Waals surface area contributed by atoms with Crippen molar-refractivity contribution in [3.8, 4) is 28.9 Å². The second kappa shape index (κ2) is 7.22. The van der Waals surface area contributed by atoms with Crippen molar-refractivity contribution in [1.29, 1.82) is 5.26 Å². The molecule has 0 radical (unpaired) electrons. The maximum absolute atomic E-state index is 9.88. The molecule has 5 rings (SSSR count). The van der Waals surface area contributed by atoms with Gasteiger partial charge >= 0.3 is 0 Å². The molecule has 30 heavy (non-hydrogen) atoms. The van der Waals surface area contributed by atoms with Crippen LogP contribution in [0.4, 0.5) is 0 Å². The maximum atomic E-state index is 9.88. The molecule has 1 unspecified atom stereocenters. The summed E-state index contributed by atoms with van der Waals surface area (Å²) in [5, 5.41) is 14.8. The van der Waals surface area contributed by atoms with E-state index in [0.29, 0.717) is 17.1 Å². The number of nitrogens with zero attached hydrogens (tertiary/aromatic N) is 4. The van der Waals surface area contributed by atoms with Crippen molar-refractivity contribution in [3.05, 3.63) is 108 Å². The highest BCUT2D eigenvalue weighted by atomic mass is 16.5. The number of benzene rings is 2. The molecule has 1 aliphatic rings. The van der Waals surface area contributed by atoms with Crippen molar-refractivity contribution >= 4 is 0 Å². The predicted molar refractivity (Wildman–Crippen MR) is 113 cm³/mol. The Labute approximate surface area is 173 Å². The summed E-state index contributed by atoms with van der Waals surface area (Å²) in [6.07, 6.45) is 1.71. The molecule has 2 aromatic heterocycles. The van der Waals surface area contributed by atoms with E-state index in [1.807, 2.05) is 78.9 Å². The van der Waals surface area contributed by atoms with Crippen molar-refractivity contribution in [2.24, 2.45) is 5.73 Å². The van der Waals surface area contributed by atoms with Gasteiger partial charge in [0.05, 0.1) is 22.9 Å². The Hall–Kier alpha value is -4.37. The zero-order valence-electron chi connectivity index (χ0n) is 15.9. The zero-order valence-corrected chi connectivity index (χ0v) is 15.9. The lowest BCUT2D eigenvalue weighted by Gasteiger charge is -2.24. The molecule has 0 amide bonds. The molecular weight excluding hydrogens is 374 g/mol. The van der Waals surface area contributed by atoms with Crippen LogP contribution in [0.2, 0.25) is 0 Å². The number of pyridine rings is 1. The summed E-state index contributed by atoms with van der Waals surface area (Å²) in [5.41, 5.74) is 10.5. The van der Waals surface area contributed by atoms with Gasteiger partial charge in [0.1, 0.15) is 17.3 Å². The number of fused-ring (bicyclic) bond motifs is 1. The van der Waals surface area contributed by atoms with Crippen LogP contribution in [0.15, 0.2) is 96.5 Å². The van der Waals surface area contributed by atoms with Crippen LogP contribution in [0.5, 0.6) is 5.88 Å². The van der Waals surface area contributed by atoms with E-state index in [2.05, 4.69) is 11.1 Å². The van der Waals surface area contributed by atoms with Gasteiger partial charge in [-0.15, -0.1) is 0 Å². The third-order valence-corrected chi connectivity index (χ3v) is 5.08. The molecule has 0 fully saturated rings. The van der Waals surface area contributed by atoms with Gasteiger partial charge in [0, 0.05) is 11.8 Å². The monoisotopic (exact) mass is 391 g/mol. The molecule has 1 aliphatic heterocycles. The highest BCUT2D eigenvalue weighted by Gasteiger charge is 2.38. The van der Waals surface area contributed by atoms with Crippen LogP contribution in [0.1, 0.15) is 17.2 Å². The molecule has 2 aromatic carbocycles. The van der Waals surface area contributed by atoms with Crippen LogP contribution >= 0.6 is 0 Å². The highest BCUT2D eigenvalue weighted by Crippen LogP contribution is 2.47. The van der Waals surface area contributed by atoms with Gasteiger partial charge in [0.15, 0.2) is 0 Å². The fourth-order valence-electron chi connectivity index (χ4n) is 3.73. The minimum Gasteiger partial charge on any atom is -0.422 e. The number of hydrogen-bond donors (Lipinski definition) is 1. The molecule has 0 aliphatic carbocycles. The Morgan fingerprint density at radius 1 is 0.933 bits per heavy atom. The average molecular weight is 391 g/mol. The van der Waals surface area contributed by atoms with Gasteiger partial charge in [0.2, 0.25) is 11.8 Å². The second-order valence-electron chi connectivity index (χ2n) is 6.86. The van der Waals surface area contributed by atoms with Crippen LogP contribution in [-0.4, -0.2) is 14.8 Å². The molecule has 6 nitrogen and oxygen atoms in total. The van der Waals surface area contributed by atoms with E-state index in [0.717, 1.165) is 22.5 Å². The van der Waals surface area contributed by atoms with Crippen LogP contribution in [0, 0.1) is 11.3 Å². The smallest absolute Gasteiger partial charge is 0.229 e. The first kappa shape index (κ1) is 17.7. The standard InChI is InChI=1S/C24H17N5O/c25-15-18-20(19-13-7-8-14-27-19)21-22(16-9-3-1-4-10-16)28-29(24(21)30-23(18)26)17-11-5-2-6-12-17/h1-14,20H,26H2. The summed E-state index contributed by atoms with van der Waals surface area (Å²) in [5.74, 6) is 0.0807. The van der Waals surface area contributed by atoms with Gasteiger partial charge in [-0.1, -0.05) is 54.6 Å².